The van der Waals surface area contributed by atoms with Crippen molar-refractivity contribution in [3.63, 3.8) is 0 Å². The largest absolute Gasteiger partial charge is 0.487 e. The number of hydrogen-bond acceptors (Lipinski definition) is 6. The van der Waals surface area contributed by atoms with Crippen molar-refractivity contribution in [2.75, 3.05) is 26.7 Å². The lowest BCUT2D eigenvalue weighted by atomic mass is 10.0. The van der Waals surface area contributed by atoms with Crippen molar-refractivity contribution in [1.29, 1.82) is 0 Å². The Morgan fingerprint density at radius 2 is 2.09 bits per heavy atom. The molecule has 1 amide bonds. The zero-order chi connectivity index (χ0) is 25.2. The van der Waals surface area contributed by atoms with Gasteiger partial charge in [-0.3, -0.25) is 9.78 Å². The van der Waals surface area contributed by atoms with Crippen LogP contribution >= 0.6 is 0 Å². The maximum atomic E-state index is 13.6. The number of aliphatic hydroxyl groups is 1. The van der Waals surface area contributed by atoms with Crippen LogP contribution in [0.4, 0.5) is 0 Å². The van der Waals surface area contributed by atoms with Crippen LogP contribution in [0.15, 0.2) is 47.5 Å². The molecular weight excluding hydrogens is 466 g/mol. The van der Waals surface area contributed by atoms with Gasteiger partial charge in [0.05, 0.1) is 13.2 Å². The van der Waals surface area contributed by atoms with E-state index in [1.54, 1.807) is 50.5 Å². The number of carbonyl (C=O) groups excluding carboxylic acids is 1. The second-order valence-electron chi connectivity index (χ2n) is 9.35. The number of rotatable bonds is 5. The second-order valence-corrected chi connectivity index (χ2v) is 11.2. The van der Waals surface area contributed by atoms with E-state index in [-0.39, 0.29) is 42.2 Å². The summed E-state index contributed by atoms with van der Waals surface area (Å²) in [4.78, 5) is 18.6. The first kappa shape index (κ1) is 25.2. The van der Waals surface area contributed by atoms with Gasteiger partial charge in [0.15, 0.2) is 0 Å². The first-order chi connectivity index (χ1) is 16.7. The monoisotopic (exact) mass is 497 g/mol. The fraction of sp³-hybridized carbons (Fsp3) is 0.462. The molecule has 9 heteroatoms. The summed E-state index contributed by atoms with van der Waals surface area (Å²) in [6.45, 7) is 3.62. The van der Waals surface area contributed by atoms with E-state index in [9.17, 15) is 18.3 Å². The van der Waals surface area contributed by atoms with Crippen molar-refractivity contribution < 1.29 is 23.1 Å². The smallest absolute Gasteiger partial charge is 0.272 e. The molecule has 1 aliphatic carbocycles. The number of sulfonamides is 1. The lowest BCUT2D eigenvalue weighted by Crippen LogP contribution is -2.50. The first-order valence-electron chi connectivity index (χ1n) is 11.8. The summed E-state index contributed by atoms with van der Waals surface area (Å²) in [5.41, 5.74) is 1.00. The quantitative estimate of drug-likeness (QED) is 0.637. The van der Waals surface area contributed by atoms with Crippen molar-refractivity contribution in [3.8, 4) is 17.6 Å². The highest BCUT2D eigenvalue weighted by molar-refractivity contribution is 7.89. The third kappa shape index (κ3) is 5.67. The van der Waals surface area contributed by atoms with Gasteiger partial charge in [0.1, 0.15) is 22.4 Å². The summed E-state index contributed by atoms with van der Waals surface area (Å²) in [6, 6.07) is 9.41. The molecule has 0 bridgehead atoms. The summed E-state index contributed by atoms with van der Waals surface area (Å²) < 4.78 is 34.8. The number of fused-ring (bicyclic) bond motifs is 1. The van der Waals surface area contributed by atoms with Gasteiger partial charge >= 0.3 is 0 Å². The molecule has 1 aromatic heterocycles. The van der Waals surface area contributed by atoms with E-state index in [2.05, 4.69) is 16.8 Å². The highest BCUT2D eigenvalue weighted by Crippen LogP contribution is 2.34. The molecule has 0 unspecified atom stereocenters. The van der Waals surface area contributed by atoms with E-state index in [1.807, 2.05) is 6.92 Å². The SMILES string of the molecule is C[C@@H]1CN([C@H](C)CO)S(=O)(=O)c2ccc(C#CC3CC3)cc2O[C@@H]1CN(C)C(=O)c1ccccn1. The Bertz CT molecular complexity index is 1230. The van der Waals surface area contributed by atoms with Crippen molar-refractivity contribution in [1.82, 2.24) is 14.2 Å². The maximum absolute atomic E-state index is 13.6. The number of aromatic nitrogens is 1. The molecule has 1 N–H and O–H groups in total. The number of amides is 1. The third-order valence-electron chi connectivity index (χ3n) is 6.35. The Hall–Kier alpha value is -2.93. The number of hydrogen-bond donors (Lipinski definition) is 1. The summed E-state index contributed by atoms with van der Waals surface area (Å²) in [7, 11) is -2.25. The number of pyridine rings is 1. The van der Waals surface area contributed by atoms with Gasteiger partial charge in [-0.1, -0.05) is 24.8 Å². The average molecular weight is 498 g/mol. The van der Waals surface area contributed by atoms with Crippen LogP contribution in [0.1, 0.15) is 42.7 Å². The predicted molar refractivity (Wildman–Crippen MR) is 131 cm³/mol. The van der Waals surface area contributed by atoms with Crippen LogP contribution in [-0.2, 0) is 10.0 Å². The van der Waals surface area contributed by atoms with Crippen molar-refractivity contribution in [2.45, 2.75) is 43.7 Å². The molecule has 1 saturated carbocycles. The van der Waals surface area contributed by atoms with Crippen molar-refractivity contribution in [2.24, 2.45) is 11.8 Å². The van der Waals surface area contributed by atoms with Gasteiger partial charge in [-0.05, 0) is 50.1 Å². The molecule has 1 fully saturated rings. The molecular formula is C26H31N3O5S. The van der Waals surface area contributed by atoms with Gasteiger partial charge in [0.2, 0.25) is 10.0 Å². The van der Waals surface area contributed by atoms with E-state index < -0.39 is 22.2 Å². The fourth-order valence-corrected chi connectivity index (χ4v) is 5.80. The summed E-state index contributed by atoms with van der Waals surface area (Å²) in [5, 5.41) is 9.78. The fourth-order valence-electron chi connectivity index (χ4n) is 3.97. The van der Waals surface area contributed by atoms with Crippen molar-refractivity contribution in [3.05, 3.63) is 53.9 Å². The number of likely N-dealkylation sites (N-methyl/N-ethyl adjacent to an activating group) is 1. The van der Waals surface area contributed by atoms with Crippen LogP contribution in [0.2, 0.25) is 0 Å². The van der Waals surface area contributed by atoms with E-state index >= 15 is 0 Å². The Morgan fingerprint density at radius 1 is 1.31 bits per heavy atom. The van der Waals surface area contributed by atoms with Gasteiger partial charge in [0.25, 0.3) is 5.91 Å². The van der Waals surface area contributed by atoms with Gasteiger partial charge in [-0.2, -0.15) is 4.31 Å². The zero-order valence-corrected chi connectivity index (χ0v) is 21.0. The van der Waals surface area contributed by atoms with Crippen LogP contribution in [0.25, 0.3) is 0 Å². The van der Waals surface area contributed by atoms with Crippen LogP contribution < -0.4 is 4.74 Å². The molecule has 3 atom stereocenters. The molecule has 0 radical (unpaired) electrons. The predicted octanol–water partition coefficient (Wildman–Crippen LogP) is 2.38. The lowest BCUT2D eigenvalue weighted by Gasteiger charge is -2.37. The molecule has 2 aliphatic rings. The number of carbonyl (C=O) groups is 1. The molecule has 0 spiro atoms. The highest BCUT2D eigenvalue weighted by Gasteiger charge is 2.38. The Kier molecular flexibility index (Phi) is 7.45. The van der Waals surface area contributed by atoms with E-state index in [4.69, 9.17) is 4.74 Å². The third-order valence-corrected chi connectivity index (χ3v) is 8.37. The minimum Gasteiger partial charge on any atom is -0.487 e. The van der Waals surface area contributed by atoms with E-state index in [0.717, 1.165) is 12.8 Å². The Balaban J connectivity index is 1.69. The Morgan fingerprint density at radius 3 is 2.74 bits per heavy atom. The molecule has 1 aromatic carbocycles. The standard InChI is InChI=1S/C26H31N3O5S/c1-18-15-29(19(2)17-30)35(32,33)25-12-11-21(10-9-20-7-8-20)14-23(25)34-24(18)16-28(3)26(31)22-6-4-5-13-27-22/h4-6,11-14,18-20,24,30H,7-8,15-17H2,1-3H3/t18-,19-,24-/m1/s1. The molecule has 2 heterocycles. The second kappa shape index (κ2) is 10.4. The van der Waals surface area contributed by atoms with Gasteiger partial charge in [0, 0.05) is 43.2 Å². The summed E-state index contributed by atoms with van der Waals surface area (Å²) >= 11 is 0. The van der Waals surface area contributed by atoms with Crippen molar-refractivity contribution >= 4 is 15.9 Å². The van der Waals surface area contributed by atoms with Crippen LogP contribution in [0, 0.1) is 23.7 Å². The normalized spacial score (nSPS) is 22.4. The number of aliphatic hydroxyl groups excluding tert-OH is 1. The summed E-state index contributed by atoms with van der Waals surface area (Å²) in [6.07, 6.45) is 3.25. The number of benzene rings is 1. The minimum absolute atomic E-state index is 0.0328. The van der Waals surface area contributed by atoms with Crippen LogP contribution in [-0.4, -0.2) is 72.5 Å². The first-order valence-corrected chi connectivity index (χ1v) is 13.3. The lowest BCUT2D eigenvalue weighted by molar-refractivity contribution is 0.0559. The maximum Gasteiger partial charge on any atom is 0.272 e. The van der Waals surface area contributed by atoms with E-state index in [0.29, 0.717) is 17.2 Å². The molecule has 4 rings (SSSR count). The molecule has 186 valence electrons. The number of nitrogens with zero attached hydrogens (tertiary/aromatic N) is 3. The molecule has 1 aliphatic heterocycles. The van der Waals surface area contributed by atoms with Gasteiger partial charge in [-0.15, -0.1) is 0 Å². The zero-order valence-electron chi connectivity index (χ0n) is 20.2. The number of ether oxygens (including phenoxy) is 1. The van der Waals surface area contributed by atoms with E-state index in [1.165, 1.54) is 15.3 Å². The summed E-state index contributed by atoms with van der Waals surface area (Å²) in [5.74, 6) is 6.40. The molecule has 2 aromatic rings. The topological polar surface area (TPSA) is 100 Å². The van der Waals surface area contributed by atoms with Gasteiger partial charge in [-0.25, -0.2) is 8.42 Å². The van der Waals surface area contributed by atoms with Crippen LogP contribution in [0.3, 0.4) is 0 Å². The minimum atomic E-state index is -3.92. The highest BCUT2D eigenvalue weighted by atomic mass is 32.2. The molecule has 35 heavy (non-hydrogen) atoms. The molecule has 8 nitrogen and oxygen atoms in total. The van der Waals surface area contributed by atoms with Crippen LogP contribution in [0.5, 0.6) is 5.75 Å². The average Bonchev–Trinajstić information content (AvgIpc) is 3.69. The Labute approximate surface area is 207 Å². The van der Waals surface area contributed by atoms with Gasteiger partial charge < -0.3 is 14.7 Å². The molecule has 0 saturated heterocycles.